The largest absolute Gasteiger partial charge is 0.425 e. The number of aldehydes is 1. The number of benzene rings is 1. The molecule has 1 N–H and O–H groups in total. The predicted molar refractivity (Wildman–Crippen MR) is 64.0 cm³/mol. The third-order valence-electron chi connectivity index (χ3n) is 2.18. The highest BCUT2D eigenvalue weighted by Crippen LogP contribution is 2.04. The Kier molecular flexibility index (Phi) is 6.68. The van der Waals surface area contributed by atoms with Gasteiger partial charge in [-0.15, -0.1) is 0 Å². The van der Waals surface area contributed by atoms with Crippen LogP contribution in [0.4, 0.5) is 0 Å². The molecule has 1 atom stereocenters. The summed E-state index contributed by atoms with van der Waals surface area (Å²) in [5.74, 6) is -0.602. The molecule has 0 heterocycles. The van der Waals surface area contributed by atoms with E-state index in [9.17, 15) is 9.59 Å². The van der Waals surface area contributed by atoms with E-state index < -0.39 is 12.3 Å². The minimum Gasteiger partial charge on any atom is -0.425 e. The quantitative estimate of drug-likeness (QED) is 0.325. The van der Waals surface area contributed by atoms with Gasteiger partial charge < -0.3 is 14.6 Å². The molecule has 5 heteroatoms. The van der Waals surface area contributed by atoms with Crippen LogP contribution in [0.5, 0.6) is 0 Å². The van der Waals surface area contributed by atoms with Gasteiger partial charge in [0.15, 0.2) is 6.29 Å². The summed E-state index contributed by atoms with van der Waals surface area (Å²) >= 11 is 0. The van der Waals surface area contributed by atoms with Gasteiger partial charge in [-0.25, -0.2) is 4.79 Å². The van der Waals surface area contributed by atoms with Crippen molar-refractivity contribution in [1.82, 2.24) is 0 Å². The first-order valence-corrected chi connectivity index (χ1v) is 5.71. The van der Waals surface area contributed by atoms with Gasteiger partial charge in [0.05, 0.1) is 12.2 Å². The molecular weight excluding hydrogens is 236 g/mol. The van der Waals surface area contributed by atoms with Crippen LogP contribution in [-0.4, -0.2) is 36.9 Å². The van der Waals surface area contributed by atoms with Gasteiger partial charge in [-0.1, -0.05) is 18.2 Å². The maximum Gasteiger partial charge on any atom is 0.340 e. The van der Waals surface area contributed by atoms with E-state index in [1.165, 1.54) is 0 Å². The number of unbranched alkanes of at least 4 members (excludes halogenated alkanes) is 1. The van der Waals surface area contributed by atoms with Crippen LogP contribution in [0.2, 0.25) is 0 Å². The minimum atomic E-state index is -1.20. The molecule has 0 aliphatic rings. The first kappa shape index (κ1) is 14.3. The first-order chi connectivity index (χ1) is 8.77. The van der Waals surface area contributed by atoms with Crippen molar-refractivity contribution in [2.24, 2.45) is 0 Å². The number of rotatable bonds is 8. The number of carbonyl (C=O) groups excluding carboxylic acids is 2. The fraction of sp³-hybridized carbons (Fsp3) is 0.385. The standard InChI is InChI=1S/C13H16O5/c14-8-4-5-9-17-12(10-15)18-13(16)11-6-2-1-3-7-11/h1-3,6-7,10,12,14H,4-5,8-9H2. The van der Waals surface area contributed by atoms with Crippen LogP contribution in [0.15, 0.2) is 30.3 Å². The van der Waals surface area contributed by atoms with Gasteiger partial charge in [-0.05, 0) is 25.0 Å². The summed E-state index contributed by atoms with van der Waals surface area (Å²) in [5.41, 5.74) is 0.364. The van der Waals surface area contributed by atoms with E-state index in [0.29, 0.717) is 24.7 Å². The SMILES string of the molecule is O=CC(OCCCCO)OC(=O)c1ccccc1. The molecule has 0 amide bonds. The average Bonchev–Trinajstić information content (AvgIpc) is 2.43. The van der Waals surface area contributed by atoms with E-state index in [2.05, 4.69) is 0 Å². The van der Waals surface area contributed by atoms with Gasteiger partial charge in [0.25, 0.3) is 6.29 Å². The number of hydrogen-bond donors (Lipinski definition) is 1. The Balaban J connectivity index is 2.38. The topological polar surface area (TPSA) is 72.8 Å². The molecule has 1 aromatic rings. The molecule has 0 saturated carbocycles. The lowest BCUT2D eigenvalue weighted by atomic mass is 10.2. The molecule has 0 saturated heterocycles. The van der Waals surface area contributed by atoms with Crippen molar-refractivity contribution in [3.05, 3.63) is 35.9 Å². The summed E-state index contributed by atoms with van der Waals surface area (Å²) in [6, 6.07) is 8.37. The number of ether oxygens (including phenoxy) is 2. The van der Waals surface area contributed by atoms with Gasteiger partial charge in [0.2, 0.25) is 0 Å². The van der Waals surface area contributed by atoms with E-state index in [1.807, 2.05) is 0 Å². The molecule has 1 unspecified atom stereocenters. The van der Waals surface area contributed by atoms with Gasteiger partial charge in [-0.3, -0.25) is 4.79 Å². The van der Waals surface area contributed by atoms with Crippen LogP contribution in [0.3, 0.4) is 0 Å². The molecule has 0 aromatic heterocycles. The highest BCUT2D eigenvalue weighted by Gasteiger charge is 2.14. The summed E-state index contributed by atoms with van der Waals surface area (Å²) in [7, 11) is 0. The molecule has 1 rings (SSSR count). The number of carbonyl (C=O) groups is 2. The third kappa shape index (κ3) is 5.07. The zero-order chi connectivity index (χ0) is 13.2. The molecular formula is C13H16O5. The lowest BCUT2D eigenvalue weighted by Gasteiger charge is -2.12. The van der Waals surface area contributed by atoms with E-state index in [-0.39, 0.29) is 13.2 Å². The number of aliphatic hydroxyl groups is 1. The summed E-state index contributed by atoms with van der Waals surface area (Å²) in [5, 5.41) is 8.57. The zero-order valence-corrected chi connectivity index (χ0v) is 9.95. The summed E-state index contributed by atoms with van der Waals surface area (Å²) in [6.45, 7) is 0.324. The van der Waals surface area contributed by atoms with Crippen LogP contribution in [0.1, 0.15) is 23.2 Å². The molecule has 0 bridgehead atoms. The molecule has 98 valence electrons. The smallest absolute Gasteiger partial charge is 0.340 e. The van der Waals surface area contributed by atoms with E-state index in [0.717, 1.165) is 0 Å². The Labute approximate surface area is 105 Å². The second-order valence-electron chi connectivity index (χ2n) is 3.58. The van der Waals surface area contributed by atoms with E-state index >= 15 is 0 Å². The van der Waals surface area contributed by atoms with Gasteiger partial charge in [-0.2, -0.15) is 0 Å². The normalized spacial score (nSPS) is 11.8. The van der Waals surface area contributed by atoms with Crippen molar-refractivity contribution in [2.45, 2.75) is 19.1 Å². The third-order valence-corrected chi connectivity index (χ3v) is 2.18. The molecule has 18 heavy (non-hydrogen) atoms. The van der Waals surface area contributed by atoms with Crippen molar-refractivity contribution in [1.29, 1.82) is 0 Å². The molecule has 0 aliphatic carbocycles. The van der Waals surface area contributed by atoms with Gasteiger partial charge >= 0.3 is 5.97 Å². The zero-order valence-electron chi connectivity index (χ0n) is 9.95. The number of hydrogen-bond acceptors (Lipinski definition) is 5. The molecule has 0 radical (unpaired) electrons. The van der Waals surface area contributed by atoms with Crippen LogP contribution >= 0.6 is 0 Å². The van der Waals surface area contributed by atoms with Gasteiger partial charge in [0, 0.05) is 6.61 Å². The maximum atomic E-state index is 11.6. The monoisotopic (exact) mass is 252 g/mol. The second-order valence-corrected chi connectivity index (χ2v) is 3.58. The van der Waals surface area contributed by atoms with Gasteiger partial charge in [0.1, 0.15) is 0 Å². The minimum absolute atomic E-state index is 0.0684. The summed E-state index contributed by atoms with van der Waals surface area (Å²) in [4.78, 5) is 22.3. The lowest BCUT2D eigenvalue weighted by molar-refractivity contribution is -0.144. The molecule has 5 nitrogen and oxygen atoms in total. The van der Waals surface area contributed by atoms with Crippen molar-refractivity contribution in [2.75, 3.05) is 13.2 Å². The summed E-state index contributed by atoms with van der Waals surface area (Å²) in [6.07, 6.45) is 0.415. The molecule has 0 spiro atoms. The maximum absolute atomic E-state index is 11.6. The van der Waals surface area contributed by atoms with E-state index in [4.69, 9.17) is 14.6 Å². The van der Waals surface area contributed by atoms with Crippen molar-refractivity contribution in [3.63, 3.8) is 0 Å². The Bertz CT molecular complexity index is 363. The summed E-state index contributed by atoms with van der Waals surface area (Å²) < 4.78 is 9.94. The van der Waals surface area contributed by atoms with Crippen molar-refractivity contribution in [3.8, 4) is 0 Å². The molecule has 1 aromatic carbocycles. The fourth-order valence-corrected chi connectivity index (χ4v) is 1.26. The van der Waals surface area contributed by atoms with E-state index in [1.54, 1.807) is 30.3 Å². The van der Waals surface area contributed by atoms with Crippen LogP contribution in [0, 0.1) is 0 Å². The second kappa shape index (κ2) is 8.38. The van der Waals surface area contributed by atoms with Crippen molar-refractivity contribution < 1.29 is 24.2 Å². The Morgan fingerprint density at radius 3 is 2.61 bits per heavy atom. The first-order valence-electron chi connectivity index (χ1n) is 5.71. The number of esters is 1. The van der Waals surface area contributed by atoms with Crippen LogP contribution in [0.25, 0.3) is 0 Å². The highest BCUT2D eigenvalue weighted by atomic mass is 16.7. The average molecular weight is 252 g/mol. The molecule has 0 aliphatic heterocycles. The Hall–Kier alpha value is -1.72. The lowest BCUT2D eigenvalue weighted by Crippen LogP contribution is -2.23. The predicted octanol–water partition coefficient (Wildman–Crippen LogP) is 1.16. The van der Waals surface area contributed by atoms with Crippen molar-refractivity contribution >= 4 is 12.3 Å². The van der Waals surface area contributed by atoms with Crippen LogP contribution in [-0.2, 0) is 14.3 Å². The highest BCUT2D eigenvalue weighted by molar-refractivity contribution is 5.90. The Morgan fingerprint density at radius 2 is 2.00 bits per heavy atom. The fourth-order valence-electron chi connectivity index (χ4n) is 1.26. The number of aliphatic hydroxyl groups excluding tert-OH is 1. The van der Waals surface area contributed by atoms with Crippen LogP contribution < -0.4 is 0 Å². The Morgan fingerprint density at radius 1 is 1.28 bits per heavy atom. The molecule has 0 fully saturated rings.